The predicted molar refractivity (Wildman–Crippen MR) is 102 cm³/mol. The first kappa shape index (κ1) is 19.9. The van der Waals surface area contributed by atoms with Gasteiger partial charge in [0.2, 0.25) is 0 Å². The Balaban J connectivity index is 2.56. The summed E-state index contributed by atoms with van der Waals surface area (Å²) in [5.74, 6) is -0.658. The Kier molecular flexibility index (Phi) is 6.40. The minimum atomic E-state index is -3.84. The highest BCUT2D eigenvalue weighted by Gasteiger charge is 2.15. The average molecular weight is 411 g/mol. The number of rotatable bonds is 4. The normalized spacial score (nSPS) is 13.0. The molecular formula is C17H12Cl2N2O4S. The zero-order valence-corrected chi connectivity index (χ0v) is 15.7. The van der Waals surface area contributed by atoms with Gasteiger partial charge in [0.15, 0.2) is 4.86 Å². The van der Waals surface area contributed by atoms with Crippen LogP contribution in [-0.4, -0.2) is 32.9 Å². The summed E-state index contributed by atoms with van der Waals surface area (Å²) >= 11 is 11.7. The Hall–Kier alpha value is -2.37. The molecule has 9 heteroatoms. The molecule has 1 N–H and O–H groups in total. The number of esters is 1. The molecule has 0 radical (unpaired) electrons. The fourth-order valence-corrected chi connectivity index (χ4v) is 3.30. The van der Waals surface area contributed by atoms with Crippen molar-refractivity contribution in [1.82, 2.24) is 0 Å². The van der Waals surface area contributed by atoms with E-state index >= 15 is 0 Å². The fourth-order valence-electron chi connectivity index (χ4n) is 1.93. The third-order valence-corrected chi connectivity index (χ3v) is 5.42. The molecule has 0 saturated carbocycles. The summed E-state index contributed by atoms with van der Waals surface area (Å²) in [4.78, 5) is 15.3. The van der Waals surface area contributed by atoms with Gasteiger partial charge in [-0.2, -0.15) is 5.26 Å². The standard InChI is InChI=1S/C17H12Cl2N2O4S/c1-25-17(22)15-7-4-12(19)8-16(15)21-10-14(9-20)26(23,24)13-5-2-11(18)3-6-13/h2-8,10H,1H3,(H,23,24). The van der Waals surface area contributed by atoms with Crippen molar-refractivity contribution in [2.24, 2.45) is 4.99 Å². The zero-order chi connectivity index (χ0) is 19.3. The second-order valence-electron chi connectivity index (χ2n) is 4.87. The minimum absolute atomic E-state index is 0.00388. The van der Waals surface area contributed by atoms with Gasteiger partial charge >= 0.3 is 5.97 Å². The van der Waals surface area contributed by atoms with Gasteiger partial charge in [0.25, 0.3) is 0 Å². The van der Waals surface area contributed by atoms with E-state index in [4.69, 9.17) is 23.2 Å². The summed E-state index contributed by atoms with van der Waals surface area (Å²) in [5.41, 5.74) is 0.199. The van der Waals surface area contributed by atoms with Crippen LogP contribution in [0.4, 0.5) is 5.69 Å². The van der Waals surface area contributed by atoms with E-state index in [1.165, 1.54) is 49.6 Å². The van der Waals surface area contributed by atoms with Crippen molar-refractivity contribution in [2.45, 2.75) is 4.90 Å². The number of benzene rings is 2. The van der Waals surface area contributed by atoms with Crippen LogP contribution in [-0.2, 0) is 14.5 Å². The zero-order valence-electron chi connectivity index (χ0n) is 13.3. The van der Waals surface area contributed by atoms with Crippen LogP contribution in [0.3, 0.4) is 0 Å². The first-order valence-corrected chi connectivity index (χ1v) is 9.28. The van der Waals surface area contributed by atoms with Crippen molar-refractivity contribution in [1.29, 1.82) is 5.26 Å². The third kappa shape index (κ3) is 4.42. The highest BCUT2D eigenvalue weighted by Crippen LogP contribution is 2.24. The Morgan fingerprint density at radius 3 is 2.42 bits per heavy atom. The molecule has 0 amide bonds. The van der Waals surface area contributed by atoms with E-state index in [9.17, 15) is 18.8 Å². The van der Waals surface area contributed by atoms with Gasteiger partial charge < -0.3 is 9.29 Å². The molecule has 0 bridgehead atoms. The monoisotopic (exact) mass is 410 g/mol. The van der Waals surface area contributed by atoms with E-state index in [0.717, 1.165) is 6.21 Å². The number of carbonyl (C=O) groups excluding carboxylic acids is 1. The van der Waals surface area contributed by atoms with Gasteiger partial charge in [-0.15, -0.1) is 0 Å². The number of aliphatic imine (C=N–C) groups is 1. The molecule has 0 aliphatic rings. The van der Waals surface area contributed by atoms with Crippen LogP contribution in [0, 0.1) is 11.3 Å². The first-order chi connectivity index (χ1) is 12.3. The number of nitriles is 1. The van der Waals surface area contributed by atoms with Crippen LogP contribution in [0.2, 0.25) is 10.0 Å². The second kappa shape index (κ2) is 8.34. The number of ether oxygens (including phenoxy) is 1. The maximum Gasteiger partial charge on any atom is 0.340 e. The van der Waals surface area contributed by atoms with Gasteiger partial charge in [0, 0.05) is 10.0 Å². The Morgan fingerprint density at radius 1 is 1.23 bits per heavy atom. The maximum atomic E-state index is 12.6. The van der Waals surface area contributed by atoms with E-state index < -0.39 is 20.6 Å². The number of carbonyl (C=O) groups is 1. The van der Waals surface area contributed by atoms with Crippen molar-refractivity contribution in [2.75, 3.05) is 7.11 Å². The Bertz CT molecular complexity index is 1030. The second-order valence-corrected chi connectivity index (χ2v) is 7.70. The lowest BCUT2D eigenvalue weighted by molar-refractivity contribution is 0.0601. The summed E-state index contributed by atoms with van der Waals surface area (Å²) in [6.07, 6.45) is 0.926. The van der Waals surface area contributed by atoms with Crippen LogP contribution in [0.25, 0.3) is 0 Å². The molecule has 0 saturated heterocycles. The molecule has 6 nitrogen and oxygen atoms in total. The van der Waals surface area contributed by atoms with Crippen molar-refractivity contribution in [3.05, 3.63) is 58.1 Å². The number of hydrogen-bond acceptors (Lipinski definition) is 5. The molecule has 2 rings (SSSR count). The van der Waals surface area contributed by atoms with Crippen molar-refractivity contribution < 1.29 is 18.3 Å². The summed E-state index contributed by atoms with van der Waals surface area (Å²) in [6, 6.07) is 11.5. The molecule has 0 aromatic heterocycles. The highest BCUT2D eigenvalue weighted by molar-refractivity contribution is 7.98. The summed E-state index contributed by atoms with van der Waals surface area (Å²) in [7, 11) is -2.63. The fraction of sp³-hybridized carbons (Fsp3) is 0.0588. The van der Waals surface area contributed by atoms with Gasteiger partial charge in [-0.1, -0.05) is 23.2 Å². The molecule has 0 fully saturated rings. The smallest absolute Gasteiger partial charge is 0.340 e. The van der Waals surface area contributed by atoms with Gasteiger partial charge in [-0.25, -0.2) is 9.00 Å². The predicted octanol–water partition coefficient (Wildman–Crippen LogP) is 3.99. The van der Waals surface area contributed by atoms with E-state index in [2.05, 4.69) is 9.73 Å². The van der Waals surface area contributed by atoms with Gasteiger partial charge in [-0.05, 0) is 42.5 Å². The van der Waals surface area contributed by atoms with Gasteiger partial charge in [0.1, 0.15) is 15.9 Å². The lowest BCUT2D eigenvalue weighted by atomic mass is 10.2. The number of hydrogen-bond donors (Lipinski definition) is 1. The quantitative estimate of drug-likeness (QED) is 0.466. The molecule has 0 spiro atoms. The van der Waals surface area contributed by atoms with E-state index in [-0.39, 0.29) is 16.1 Å². The SMILES string of the molecule is COC(=O)c1ccc(Cl)cc1N=CC(C#N)=S(=O)(O)c1ccc(Cl)cc1. The summed E-state index contributed by atoms with van der Waals surface area (Å²) < 4.78 is 27.6. The van der Waals surface area contributed by atoms with Gasteiger partial charge in [0.05, 0.1) is 29.5 Å². The number of nitrogens with zero attached hydrogens (tertiary/aromatic N) is 2. The van der Waals surface area contributed by atoms with E-state index in [1.807, 2.05) is 0 Å². The van der Waals surface area contributed by atoms with Crippen LogP contribution in [0.1, 0.15) is 10.4 Å². The van der Waals surface area contributed by atoms with Gasteiger partial charge in [-0.3, -0.25) is 4.99 Å². The largest absolute Gasteiger partial charge is 0.465 e. The Labute approximate surface area is 160 Å². The molecular weight excluding hydrogens is 399 g/mol. The van der Waals surface area contributed by atoms with Crippen molar-refractivity contribution in [3.8, 4) is 6.07 Å². The lowest BCUT2D eigenvalue weighted by Gasteiger charge is -2.06. The van der Waals surface area contributed by atoms with Crippen LogP contribution in [0.5, 0.6) is 0 Å². The molecule has 134 valence electrons. The maximum absolute atomic E-state index is 12.6. The minimum Gasteiger partial charge on any atom is -0.465 e. The van der Waals surface area contributed by atoms with E-state index in [0.29, 0.717) is 10.0 Å². The highest BCUT2D eigenvalue weighted by atomic mass is 35.5. The topological polar surface area (TPSA) is 99.8 Å². The Morgan fingerprint density at radius 2 is 1.85 bits per heavy atom. The molecule has 2 aromatic carbocycles. The van der Waals surface area contributed by atoms with Crippen molar-refractivity contribution in [3.63, 3.8) is 0 Å². The first-order valence-electron chi connectivity index (χ1n) is 7.01. The lowest BCUT2D eigenvalue weighted by Crippen LogP contribution is -2.14. The molecule has 2 aromatic rings. The van der Waals surface area contributed by atoms with Crippen LogP contribution < -0.4 is 0 Å². The van der Waals surface area contributed by atoms with Crippen molar-refractivity contribution >= 4 is 55.7 Å². The third-order valence-electron chi connectivity index (χ3n) is 3.23. The number of methoxy groups -OCH3 is 1. The molecule has 26 heavy (non-hydrogen) atoms. The molecule has 0 heterocycles. The van der Waals surface area contributed by atoms with Crippen LogP contribution in [0.15, 0.2) is 52.4 Å². The number of halogens is 2. The molecule has 0 aliphatic heterocycles. The average Bonchev–Trinajstić information content (AvgIpc) is 2.62. The molecule has 1 atom stereocenters. The van der Waals surface area contributed by atoms with Crippen LogP contribution >= 0.6 is 23.2 Å². The molecule has 1 unspecified atom stereocenters. The van der Waals surface area contributed by atoms with E-state index in [1.54, 1.807) is 6.07 Å². The summed E-state index contributed by atoms with van der Waals surface area (Å²) in [5, 5.41) is 9.96. The summed E-state index contributed by atoms with van der Waals surface area (Å²) in [6.45, 7) is 0. The molecule has 0 aliphatic carbocycles.